The highest BCUT2D eigenvalue weighted by molar-refractivity contribution is 5.28. The normalized spacial score (nSPS) is 10.6. The molecule has 0 unspecified atom stereocenters. The van der Waals surface area contributed by atoms with Crippen molar-refractivity contribution in [3.63, 3.8) is 0 Å². The quantitative estimate of drug-likeness (QED) is 0.440. The van der Waals surface area contributed by atoms with Gasteiger partial charge in [0.1, 0.15) is 0 Å². The summed E-state index contributed by atoms with van der Waals surface area (Å²) in [5, 5.41) is 16.7. The Bertz CT molecular complexity index is 174. The van der Waals surface area contributed by atoms with Gasteiger partial charge in [0, 0.05) is 5.57 Å². The Labute approximate surface area is 54.7 Å². The molecule has 0 aromatic carbocycles. The molecule has 0 aliphatic heterocycles. The van der Waals surface area contributed by atoms with Crippen molar-refractivity contribution >= 4 is 0 Å². The Kier molecular flexibility index (Phi) is 3.41. The molecular weight excluding hydrogens is 114 g/mol. The van der Waals surface area contributed by atoms with Gasteiger partial charge in [-0.1, -0.05) is 6.58 Å². The van der Waals surface area contributed by atoms with Crippen LogP contribution >= 0.6 is 0 Å². The fourth-order valence-electron chi connectivity index (χ4n) is 0.384. The lowest BCUT2D eigenvalue weighted by Crippen LogP contribution is -1.83. The van der Waals surface area contributed by atoms with Crippen molar-refractivity contribution in [2.75, 3.05) is 6.61 Å². The molecule has 0 aliphatic rings. The molecule has 0 aromatic heterocycles. The summed E-state index contributed by atoms with van der Waals surface area (Å²) >= 11 is 0. The second kappa shape index (κ2) is 3.88. The van der Waals surface area contributed by atoms with E-state index in [1.807, 2.05) is 6.07 Å². The lowest BCUT2D eigenvalue weighted by Gasteiger charge is -1.89. The minimum absolute atomic E-state index is 0.0843. The molecule has 0 fully saturated rings. The summed E-state index contributed by atoms with van der Waals surface area (Å²) in [6.07, 6.45) is 1.56. The molecule has 0 rings (SSSR count). The zero-order valence-corrected chi connectivity index (χ0v) is 5.39. The van der Waals surface area contributed by atoms with E-state index in [1.54, 1.807) is 13.0 Å². The van der Waals surface area contributed by atoms with Gasteiger partial charge in [-0.2, -0.15) is 5.26 Å². The highest BCUT2D eigenvalue weighted by atomic mass is 16.3. The molecule has 0 saturated heterocycles. The maximum atomic E-state index is 8.43. The maximum absolute atomic E-state index is 8.43. The predicted octanol–water partition coefficient (Wildman–Crippen LogP) is 1.00. The number of allylic oxidation sites excluding steroid dienone is 1. The fraction of sp³-hybridized carbons (Fsp3) is 0.286. The van der Waals surface area contributed by atoms with E-state index in [4.69, 9.17) is 10.4 Å². The summed E-state index contributed by atoms with van der Waals surface area (Å²) in [4.78, 5) is 0. The van der Waals surface area contributed by atoms with Gasteiger partial charge in [0.25, 0.3) is 0 Å². The summed E-state index contributed by atoms with van der Waals surface area (Å²) in [5.41, 5.74) is 1.13. The SMILES string of the molecule is C=C(/C=C(\C)C#N)CO. The van der Waals surface area contributed by atoms with Crippen LogP contribution in [0.1, 0.15) is 6.92 Å². The van der Waals surface area contributed by atoms with Crippen LogP contribution in [0.2, 0.25) is 0 Å². The van der Waals surface area contributed by atoms with Gasteiger partial charge in [0.15, 0.2) is 0 Å². The van der Waals surface area contributed by atoms with E-state index in [1.165, 1.54) is 0 Å². The molecule has 0 aromatic rings. The summed E-state index contributed by atoms with van der Waals surface area (Å²) < 4.78 is 0. The maximum Gasteiger partial charge on any atom is 0.0944 e. The fourth-order valence-corrected chi connectivity index (χ4v) is 0.384. The second-order valence-corrected chi connectivity index (χ2v) is 1.76. The van der Waals surface area contributed by atoms with Crippen molar-refractivity contribution in [1.29, 1.82) is 5.26 Å². The van der Waals surface area contributed by atoms with Crippen LogP contribution < -0.4 is 0 Å². The molecule has 0 bridgehead atoms. The third-order valence-electron chi connectivity index (χ3n) is 0.800. The van der Waals surface area contributed by atoms with E-state index in [0.29, 0.717) is 11.1 Å². The first kappa shape index (κ1) is 7.93. The van der Waals surface area contributed by atoms with Gasteiger partial charge in [-0.3, -0.25) is 0 Å². The highest BCUT2D eigenvalue weighted by Gasteiger charge is 1.86. The van der Waals surface area contributed by atoms with E-state index >= 15 is 0 Å². The number of nitrogens with zero attached hydrogens (tertiary/aromatic N) is 1. The molecule has 0 amide bonds. The van der Waals surface area contributed by atoms with E-state index in [9.17, 15) is 0 Å². The van der Waals surface area contributed by atoms with Gasteiger partial charge in [0.05, 0.1) is 12.7 Å². The molecule has 0 saturated carbocycles. The first-order chi connectivity index (χ1) is 4.20. The van der Waals surface area contributed by atoms with Gasteiger partial charge in [-0.15, -0.1) is 0 Å². The highest BCUT2D eigenvalue weighted by Crippen LogP contribution is 1.96. The lowest BCUT2D eigenvalue weighted by atomic mass is 10.2. The topological polar surface area (TPSA) is 44.0 Å². The second-order valence-electron chi connectivity index (χ2n) is 1.76. The Morgan fingerprint density at radius 3 is 2.78 bits per heavy atom. The Hall–Kier alpha value is -1.07. The standard InChI is InChI=1S/C7H9NO/c1-6(4-8)3-7(2)5-9/h3,9H,2,5H2,1H3/b6-3+. The lowest BCUT2D eigenvalue weighted by molar-refractivity contribution is 0.335. The van der Waals surface area contributed by atoms with Crippen molar-refractivity contribution in [1.82, 2.24) is 0 Å². The van der Waals surface area contributed by atoms with Crippen molar-refractivity contribution in [2.24, 2.45) is 0 Å². The summed E-state index contributed by atoms with van der Waals surface area (Å²) in [7, 11) is 0. The van der Waals surface area contributed by atoms with Crippen LogP contribution in [0.15, 0.2) is 23.8 Å². The van der Waals surface area contributed by atoms with Crippen molar-refractivity contribution in [3.8, 4) is 6.07 Å². The minimum Gasteiger partial charge on any atom is -0.392 e. The molecular formula is C7H9NO. The molecule has 0 aliphatic carbocycles. The molecule has 9 heavy (non-hydrogen) atoms. The molecule has 1 N–H and O–H groups in total. The molecule has 2 heteroatoms. The Morgan fingerprint density at radius 2 is 2.44 bits per heavy atom. The van der Waals surface area contributed by atoms with E-state index in [0.717, 1.165) is 0 Å². The van der Waals surface area contributed by atoms with Gasteiger partial charge >= 0.3 is 0 Å². The van der Waals surface area contributed by atoms with Gasteiger partial charge in [-0.25, -0.2) is 0 Å². The molecule has 0 heterocycles. The van der Waals surface area contributed by atoms with Gasteiger partial charge < -0.3 is 5.11 Å². The number of rotatable bonds is 2. The van der Waals surface area contributed by atoms with E-state index in [2.05, 4.69) is 6.58 Å². The minimum atomic E-state index is -0.0843. The third kappa shape index (κ3) is 3.51. The number of hydrogen-bond donors (Lipinski definition) is 1. The van der Waals surface area contributed by atoms with Crippen LogP contribution in [0, 0.1) is 11.3 Å². The summed E-state index contributed by atoms with van der Waals surface area (Å²) in [6, 6.07) is 1.92. The van der Waals surface area contributed by atoms with Gasteiger partial charge in [-0.05, 0) is 18.6 Å². The number of hydrogen-bond acceptors (Lipinski definition) is 2. The molecule has 0 spiro atoms. The molecule has 48 valence electrons. The number of nitriles is 1. The average Bonchev–Trinajstić information content (AvgIpc) is 1.87. The van der Waals surface area contributed by atoms with E-state index < -0.39 is 0 Å². The Balaban J connectivity index is 4.00. The predicted molar refractivity (Wildman–Crippen MR) is 35.6 cm³/mol. The first-order valence-electron chi connectivity index (χ1n) is 2.57. The van der Waals surface area contributed by atoms with Crippen LogP contribution in [0.5, 0.6) is 0 Å². The largest absolute Gasteiger partial charge is 0.392 e. The molecule has 0 radical (unpaired) electrons. The van der Waals surface area contributed by atoms with Crippen molar-refractivity contribution < 1.29 is 5.11 Å². The van der Waals surface area contributed by atoms with Gasteiger partial charge in [0.2, 0.25) is 0 Å². The molecule has 0 atom stereocenters. The monoisotopic (exact) mass is 123 g/mol. The van der Waals surface area contributed by atoms with Crippen LogP contribution in [0.25, 0.3) is 0 Å². The van der Waals surface area contributed by atoms with Crippen LogP contribution in [0.4, 0.5) is 0 Å². The number of aliphatic hydroxyl groups excluding tert-OH is 1. The third-order valence-corrected chi connectivity index (χ3v) is 0.800. The zero-order valence-electron chi connectivity index (χ0n) is 5.39. The van der Waals surface area contributed by atoms with Crippen LogP contribution in [-0.2, 0) is 0 Å². The zero-order chi connectivity index (χ0) is 7.28. The summed E-state index contributed by atoms with van der Waals surface area (Å²) in [5.74, 6) is 0. The molecule has 2 nitrogen and oxygen atoms in total. The van der Waals surface area contributed by atoms with E-state index in [-0.39, 0.29) is 6.61 Å². The number of aliphatic hydroxyl groups is 1. The van der Waals surface area contributed by atoms with Crippen LogP contribution in [0.3, 0.4) is 0 Å². The Morgan fingerprint density at radius 1 is 1.89 bits per heavy atom. The van der Waals surface area contributed by atoms with Crippen molar-refractivity contribution in [3.05, 3.63) is 23.8 Å². The summed E-state index contributed by atoms with van der Waals surface area (Å²) in [6.45, 7) is 5.07. The smallest absolute Gasteiger partial charge is 0.0944 e. The van der Waals surface area contributed by atoms with Crippen LogP contribution in [-0.4, -0.2) is 11.7 Å². The first-order valence-corrected chi connectivity index (χ1v) is 2.57. The van der Waals surface area contributed by atoms with Crippen molar-refractivity contribution in [2.45, 2.75) is 6.92 Å². The average molecular weight is 123 g/mol.